The normalized spacial score (nSPS) is 17.7. The Balaban J connectivity index is 1.47. The number of halogens is 1. The number of rotatable bonds is 5. The lowest BCUT2D eigenvalue weighted by atomic mass is 9.95. The van der Waals surface area contributed by atoms with Gasteiger partial charge in [0.25, 0.3) is 0 Å². The molecule has 1 aromatic carbocycles. The van der Waals surface area contributed by atoms with Crippen LogP contribution in [0.5, 0.6) is 0 Å². The summed E-state index contributed by atoms with van der Waals surface area (Å²) in [4.78, 5) is 11.4. The molecule has 1 fully saturated rings. The third kappa shape index (κ3) is 4.58. The van der Waals surface area contributed by atoms with Crippen molar-refractivity contribution < 1.29 is 4.39 Å². The topological polar surface area (TPSA) is 29.0 Å². The van der Waals surface area contributed by atoms with Crippen LogP contribution in [-0.4, -0.2) is 21.4 Å². The Bertz CT molecular complexity index is 864. The lowest BCUT2D eigenvalue weighted by Gasteiger charge is -2.36. The maximum atomic E-state index is 13.4. The van der Waals surface area contributed by atoms with Crippen LogP contribution in [0.25, 0.3) is 0 Å². The molecule has 1 aliphatic heterocycles. The standard InChI is InChI=1S/C23H24FN3/c24-21-7-3-5-18(13-21)14-22-10-9-20(16-26-22)23-8-1-2-12-27(23)17-19-6-4-11-25-15-19/h3-7,9-11,13,15-16,23H,1-2,8,12,14,17H2/t23-/m1/s1. The van der Waals surface area contributed by atoms with Crippen LogP contribution in [0.15, 0.2) is 67.1 Å². The number of aromatic nitrogens is 2. The van der Waals surface area contributed by atoms with Crippen LogP contribution >= 0.6 is 0 Å². The second-order valence-corrected chi connectivity index (χ2v) is 7.23. The number of hydrogen-bond donors (Lipinski definition) is 0. The Kier molecular flexibility index (Phi) is 5.54. The first-order valence-corrected chi connectivity index (χ1v) is 9.60. The molecule has 4 rings (SSSR count). The smallest absolute Gasteiger partial charge is 0.123 e. The maximum absolute atomic E-state index is 13.4. The first-order valence-electron chi connectivity index (χ1n) is 9.60. The van der Waals surface area contributed by atoms with Crippen LogP contribution in [0.2, 0.25) is 0 Å². The fraction of sp³-hybridized carbons (Fsp3) is 0.304. The summed E-state index contributed by atoms with van der Waals surface area (Å²) >= 11 is 0. The molecule has 0 radical (unpaired) electrons. The highest BCUT2D eigenvalue weighted by Crippen LogP contribution is 2.31. The molecule has 0 saturated carbocycles. The first-order chi connectivity index (χ1) is 13.3. The summed E-state index contributed by atoms with van der Waals surface area (Å²) in [6.45, 7) is 2.02. The average Bonchev–Trinajstić information content (AvgIpc) is 2.70. The average molecular weight is 361 g/mol. The molecule has 0 amide bonds. The van der Waals surface area contributed by atoms with Gasteiger partial charge in [-0.3, -0.25) is 14.9 Å². The van der Waals surface area contributed by atoms with Gasteiger partial charge in [-0.25, -0.2) is 4.39 Å². The minimum Gasteiger partial charge on any atom is -0.292 e. The van der Waals surface area contributed by atoms with Gasteiger partial charge in [-0.2, -0.15) is 0 Å². The van der Waals surface area contributed by atoms with Gasteiger partial charge in [0.1, 0.15) is 5.82 Å². The predicted octanol–water partition coefficient (Wildman–Crippen LogP) is 4.93. The Morgan fingerprint density at radius 3 is 2.70 bits per heavy atom. The summed E-state index contributed by atoms with van der Waals surface area (Å²) in [5.41, 5.74) is 4.44. The van der Waals surface area contributed by atoms with Gasteiger partial charge < -0.3 is 0 Å². The van der Waals surface area contributed by atoms with Crippen LogP contribution in [0.3, 0.4) is 0 Å². The third-order valence-electron chi connectivity index (χ3n) is 5.23. The Hall–Kier alpha value is -2.59. The van der Waals surface area contributed by atoms with Crippen molar-refractivity contribution in [2.75, 3.05) is 6.54 Å². The molecular weight excluding hydrogens is 337 g/mol. The third-order valence-corrected chi connectivity index (χ3v) is 5.23. The van der Waals surface area contributed by atoms with Crippen molar-refractivity contribution in [2.24, 2.45) is 0 Å². The SMILES string of the molecule is Fc1cccc(Cc2ccc([C@H]3CCCCN3Cc3cccnc3)cn2)c1. The zero-order valence-electron chi connectivity index (χ0n) is 15.4. The molecule has 138 valence electrons. The Morgan fingerprint density at radius 2 is 1.93 bits per heavy atom. The van der Waals surface area contributed by atoms with Crippen LogP contribution in [-0.2, 0) is 13.0 Å². The summed E-state index contributed by atoms with van der Waals surface area (Å²) in [5, 5.41) is 0. The van der Waals surface area contributed by atoms with E-state index in [2.05, 4.69) is 33.1 Å². The highest BCUT2D eigenvalue weighted by atomic mass is 19.1. The van der Waals surface area contributed by atoms with E-state index in [-0.39, 0.29) is 5.82 Å². The van der Waals surface area contributed by atoms with Gasteiger partial charge in [0.15, 0.2) is 0 Å². The number of hydrogen-bond acceptors (Lipinski definition) is 3. The van der Waals surface area contributed by atoms with E-state index >= 15 is 0 Å². The van der Waals surface area contributed by atoms with Crippen molar-refractivity contribution in [1.29, 1.82) is 0 Å². The number of nitrogens with zero attached hydrogens (tertiary/aromatic N) is 3. The van der Waals surface area contributed by atoms with Crippen LogP contribution < -0.4 is 0 Å². The van der Waals surface area contributed by atoms with Crippen LogP contribution in [0.1, 0.15) is 47.7 Å². The predicted molar refractivity (Wildman–Crippen MR) is 105 cm³/mol. The quantitative estimate of drug-likeness (QED) is 0.645. The molecule has 0 N–H and O–H groups in total. The second-order valence-electron chi connectivity index (χ2n) is 7.23. The van der Waals surface area contributed by atoms with Crippen molar-refractivity contribution in [3.05, 3.63) is 95.3 Å². The van der Waals surface area contributed by atoms with Gasteiger partial charge in [0, 0.05) is 43.3 Å². The molecule has 1 saturated heterocycles. The zero-order valence-corrected chi connectivity index (χ0v) is 15.4. The van der Waals surface area contributed by atoms with Crippen molar-refractivity contribution in [2.45, 2.75) is 38.3 Å². The summed E-state index contributed by atoms with van der Waals surface area (Å²) in [6, 6.07) is 15.5. The van der Waals surface area contributed by atoms with Crippen molar-refractivity contribution in [1.82, 2.24) is 14.9 Å². The van der Waals surface area contributed by atoms with E-state index in [1.807, 2.05) is 30.7 Å². The fourth-order valence-electron chi connectivity index (χ4n) is 3.88. The van der Waals surface area contributed by atoms with Gasteiger partial charge in [-0.05, 0) is 60.3 Å². The molecule has 3 nitrogen and oxygen atoms in total. The fourth-order valence-corrected chi connectivity index (χ4v) is 3.88. The number of likely N-dealkylation sites (tertiary alicyclic amines) is 1. The van der Waals surface area contributed by atoms with E-state index in [0.29, 0.717) is 12.5 Å². The Morgan fingerprint density at radius 1 is 1.00 bits per heavy atom. The highest BCUT2D eigenvalue weighted by Gasteiger charge is 2.24. The summed E-state index contributed by atoms with van der Waals surface area (Å²) < 4.78 is 13.4. The molecule has 0 bridgehead atoms. The van der Waals surface area contributed by atoms with Gasteiger partial charge in [0.05, 0.1) is 0 Å². The van der Waals surface area contributed by atoms with Gasteiger partial charge in [-0.15, -0.1) is 0 Å². The van der Waals surface area contributed by atoms with Gasteiger partial charge >= 0.3 is 0 Å². The molecule has 4 heteroatoms. The molecule has 0 spiro atoms. The number of benzene rings is 1. The highest BCUT2D eigenvalue weighted by molar-refractivity contribution is 5.25. The Labute approximate surface area is 159 Å². The molecule has 2 aromatic heterocycles. The lowest BCUT2D eigenvalue weighted by molar-refractivity contribution is 0.140. The van der Waals surface area contributed by atoms with E-state index in [1.54, 1.807) is 12.1 Å². The largest absolute Gasteiger partial charge is 0.292 e. The molecule has 3 aromatic rings. The van der Waals surface area contributed by atoms with Crippen molar-refractivity contribution in [3.63, 3.8) is 0 Å². The van der Waals surface area contributed by atoms with E-state index in [0.717, 1.165) is 30.8 Å². The first kappa shape index (κ1) is 17.8. The molecule has 27 heavy (non-hydrogen) atoms. The van der Waals surface area contributed by atoms with Crippen molar-refractivity contribution >= 4 is 0 Å². The van der Waals surface area contributed by atoms with Gasteiger partial charge in [-0.1, -0.05) is 30.7 Å². The van der Waals surface area contributed by atoms with E-state index in [4.69, 9.17) is 0 Å². The zero-order chi connectivity index (χ0) is 18.5. The maximum Gasteiger partial charge on any atom is 0.123 e. The molecule has 0 aliphatic carbocycles. The molecule has 1 atom stereocenters. The van der Waals surface area contributed by atoms with Crippen molar-refractivity contribution in [3.8, 4) is 0 Å². The summed E-state index contributed by atoms with van der Waals surface area (Å²) in [5.74, 6) is -0.197. The number of piperidine rings is 1. The monoisotopic (exact) mass is 361 g/mol. The second kappa shape index (κ2) is 8.40. The molecule has 1 aliphatic rings. The van der Waals surface area contributed by atoms with Crippen LogP contribution in [0, 0.1) is 5.82 Å². The minimum absolute atomic E-state index is 0.197. The van der Waals surface area contributed by atoms with E-state index < -0.39 is 0 Å². The lowest BCUT2D eigenvalue weighted by Crippen LogP contribution is -2.33. The van der Waals surface area contributed by atoms with E-state index in [9.17, 15) is 4.39 Å². The molecular formula is C23H24FN3. The molecule has 3 heterocycles. The van der Waals surface area contributed by atoms with Crippen LogP contribution in [0.4, 0.5) is 4.39 Å². The van der Waals surface area contributed by atoms with Gasteiger partial charge in [0.2, 0.25) is 0 Å². The summed E-state index contributed by atoms with van der Waals surface area (Å²) in [7, 11) is 0. The number of pyridine rings is 2. The summed E-state index contributed by atoms with van der Waals surface area (Å²) in [6.07, 6.45) is 10.1. The minimum atomic E-state index is -0.197. The van der Waals surface area contributed by atoms with E-state index in [1.165, 1.54) is 30.0 Å². The molecule has 0 unspecified atom stereocenters.